The maximum Gasteiger partial charge on any atom is 0.308 e. The average molecular weight is 410 g/mol. The smallest absolute Gasteiger partial charge is 0.308 e. The summed E-state index contributed by atoms with van der Waals surface area (Å²) in [5.74, 6) is -0.798. The maximum atomic E-state index is 13.3. The van der Waals surface area contributed by atoms with Gasteiger partial charge < -0.3 is 19.7 Å². The highest BCUT2D eigenvalue weighted by molar-refractivity contribution is 6.01. The summed E-state index contributed by atoms with van der Waals surface area (Å²) < 4.78 is 11.1. The van der Waals surface area contributed by atoms with Gasteiger partial charge in [0, 0.05) is 13.1 Å². The number of benzene rings is 2. The van der Waals surface area contributed by atoms with E-state index in [0.29, 0.717) is 31.0 Å². The number of rotatable bonds is 7. The molecule has 0 bridgehead atoms. The highest BCUT2D eigenvalue weighted by atomic mass is 16.5. The van der Waals surface area contributed by atoms with Crippen molar-refractivity contribution in [3.8, 4) is 5.75 Å². The summed E-state index contributed by atoms with van der Waals surface area (Å²) in [6.45, 7) is 4.42. The molecule has 30 heavy (non-hydrogen) atoms. The number of ether oxygens (including phenoxy) is 2. The first kappa shape index (κ1) is 21.4. The highest BCUT2D eigenvalue weighted by Crippen LogP contribution is 2.24. The van der Waals surface area contributed by atoms with Gasteiger partial charge in [0.1, 0.15) is 18.4 Å². The Bertz CT molecular complexity index is 897. The summed E-state index contributed by atoms with van der Waals surface area (Å²) in [6.07, 6.45) is -0.483. The monoisotopic (exact) mass is 410 g/mol. The quantitative estimate of drug-likeness (QED) is 0.709. The Morgan fingerprint density at radius 2 is 1.80 bits per heavy atom. The van der Waals surface area contributed by atoms with Gasteiger partial charge in [0.05, 0.1) is 18.1 Å². The van der Waals surface area contributed by atoms with Crippen molar-refractivity contribution in [1.29, 1.82) is 0 Å². The van der Waals surface area contributed by atoms with E-state index in [0.717, 1.165) is 5.56 Å². The van der Waals surface area contributed by atoms with Gasteiger partial charge >= 0.3 is 5.97 Å². The van der Waals surface area contributed by atoms with Crippen molar-refractivity contribution in [1.82, 2.24) is 10.2 Å². The van der Waals surface area contributed by atoms with Crippen LogP contribution in [0.2, 0.25) is 0 Å². The number of nitrogens with one attached hydrogen (secondary N) is 1. The lowest BCUT2D eigenvalue weighted by atomic mass is 10.1. The minimum absolute atomic E-state index is 0.192. The predicted octanol–water partition coefficient (Wildman–Crippen LogP) is 2.55. The third kappa shape index (κ3) is 5.37. The first-order valence-corrected chi connectivity index (χ1v) is 9.99. The van der Waals surface area contributed by atoms with Gasteiger partial charge in [0.25, 0.3) is 5.91 Å². The molecule has 2 aromatic rings. The van der Waals surface area contributed by atoms with E-state index in [9.17, 15) is 14.4 Å². The third-order valence-corrected chi connectivity index (χ3v) is 4.67. The van der Waals surface area contributed by atoms with Gasteiger partial charge in [-0.05, 0) is 31.5 Å². The van der Waals surface area contributed by atoms with E-state index in [-0.39, 0.29) is 24.3 Å². The fraction of sp³-hybridized carbons (Fsp3) is 0.348. The molecule has 1 saturated heterocycles. The third-order valence-electron chi connectivity index (χ3n) is 4.67. The van der Waals surface area contributed by atoms with E-state index in [4.69, 9.17) is 9.47 Å². The first-order valence-electron chi connectivity index (χ1n) is 9.99. The van der Waals surface area contributed by atoms with Crippen LogP contribution in [-0.2, 0) is 20.9 Å². The molecular weight excluding hydrogens is 384 g/mol. The van der Waals surface area contributed by atoms with Gasteiger partial charge in [-0.2, -0.15) is 0 Å². The summed E-state index contributed by atoms with van der Waals surface area (Å²) in [5.41, 5.74) is 1.33. The van der Waals surface area contributed by atoms with Crippen LogP contribution in [0.25, 0.3) is 0 Å². The van der Waals surface area contributed by atoms with Crippen LogP contribution in [0.1, 0.15) is 36.2 Å². The number of hydrogen-bond acceptors (Lipinski definition) is 5. The van der Waals surface area contributed by atoms with Gasteiger partial charge in [-0.25, -0.2) is 0 Å². The van der Waals surface area contributed by atoms with E-state index in [1.165, 1.54) is 4.90 Å². The molecule has 7 nitrogen and oxygen atoms in total. The molecule has 1 heterocycles. The normalized spacial score (nSPS) is 16.2. The van der Waals surface area contributed by atoms with Gasteiger partial charge in [0.2, 0.25) is 5.91 Å². The topological polar surface area (TPSA) is 84.9 Å². The first-order chi connectivity index (χ1) is 14.5. The van der Waals surface area contributed by atoms with Crippen LogP contribution in [0.3, 0.4) is 0 Å². The van der Waals surface area contributed by atoms with Crippen LogP contribution in [0.15, 0.2) is 54.6 Å². The molecule has 0 spiro atoms. The number of esters is 1. The standard InChI is InChI=1S/C23H26N2O5/c1-16(2)30-21(26)14-19-22(27)24-12-13-25(19)23(28)18-10-6-7-11-20(18)29-15-17-8-4-3-5-9-17/h3-11,16,19H,12-15H2,1-2H3,(H,24,27)/t19-/m0/s1. The Kier molecular flexibility index (Phi) is 7.06. The molecule has 0 aliphatic carbocycles. The summed E-state index contributed by atoms with van der Waals surface area (Å²) in [7, 11) is 0. The summed E-state index contributed by atoms with van der Waals surface area (Å²) in [6, 6.07) is 15.6. The van der Waals surface area contributed by atoms with E-state index >= 15 is 0 Å². The summed E-state index contributed by atoms with van der Waals surface area (Å²) in [5, 5.41) is 2.72. The van der Waals surface area contributed by atoms with Crippen molar-refractivity contribution in [2.75, 3.05) is 13.1 Å². The van der Waals surface area contributed by atoms with Gasteiger partial charge in [-0.1, -0.05) is 42.5 Å². The van der Waals surface area contributed by atoms with Crippen molar-refractivity contribution in [3.63, 3.8) is 0 Å². The zero-order chi connectivity index (χ0) is 21.5. The number of carbonyl (C=O) groups is 3. The molecule has 0 aromatic heterocycles. The van der Waals surface area contributed by atoms with Crippen LogP contribution in [-0.4, -0.2) is 47.9 Å². The van der Waals surface area contributed by atoms with Crippen molar-refractivity contribution < 1.29 is 23.9 Å². The number of carbonyl (C=O) groups excluding carboxylic acids is 3. The lowest BCUT2D eigenvalue weighted by Gasteiger charge is -2.35. The molecule has 1 fully saturated rings. The molecule has 1 atom stereocenters. The molecular formula is C23H26N2O5. The fourth-order valence-electron chi connectivity index (χ4n) is 3.29. The lowest BCUT2D eigenvalue weighted by Crippen LogP contribution is -2.58. The summed E-state index contributed by atoms with van der Waals surface area (Å²) >= 11 is 0. The molecule has 2 amide bonds. The molecule has 1 aliphatic rings. The summed E-state index contributed by atoms with van der Waals surface area (Å²) in [4.78, 5) is 39.3. The Morgan fingerprint density at radius 3 is 2.53 bits per heavy atom. The molecule has 2 aromatic carbocycles. The van der Waals surface area contributed by atoms with Crippen molar-refractivity contribution in [2.45, 2.75) is 39.0 Å². The highest BCUT2D eigenvalue weighted by Gasteiger charge is 2.36. The molecule has 1 aliphatic heterocycles. The zero-order valence-corrected chi connectivity index (χ0v) is 17.2. The molecule has 7 heteroatoms. The minimum atomic E-state index is -0.917. The Morgan fingerprint density at radius 1 is 1.10 bits per heavy atom. The van der Waals surface area contributed by atoms with Crippen molar-refractivity contribution >= 4 is 17.8 Å². The second-order valence-electron chi connectivity index (χ2n) is 7.32. The van der Waals surface area contributed by atoms with Crippen LogP contribution < -0.4 is 10.1 Å². The molecule has 0 radical (unpaired) electrons. The Balaban J connectivity index is 1.78. The second kappa shape index (κ2) is 9.91. The number of nitrogens with zero attached hydrogens (tertiary/aromatic N) is 1. The van der Waals surface area contributed by atoms with Gasteiger partial charge in [0.15, 0.2) is 0 Å². The van der Waals surface area contributed by atoms with E-state index in [1.54, 1.807) is 38.1 Å². The molecule has 1 N–H and O–H groups in total. The fourth-order valence-corrected chi connectivity index (χ4v) is 3.29. The van der Waals surface area contributed by atoms with E-state index < -0.39 is 12.0 Å². The van der Waals surface area contributed by atoms with Crippen LogP contribution in [0.4, 0.5) is 0 Å². The predicted molar refractivity (Wildman–Crippen MR) is 111 cm³/mol. The van der Waals surface area contributed by atoms with Gasteiger partial charge in [-0.3, -0.25) is 14.4 Å². The molecule has 0 saturated carbocycles. The number of amides is 2. The van der Waals surface area contributed by atoms with Crippen LogP contribution in [0, 0.1) is 0 Å². The maximum absolute atomic E-state index is 13.3. The SMILES string of the molecule is CC(C)OC(=O)C[C@H]1C(=O)NCCN1C(=O)c1ccccc1OCc1ccccc1. The number of para-hydroxylation sites is 1. The zero-order valence-electron chi connectivity index (χ0n) is 17.2. The minimum Gasteiger partial charge on any atom is -0.488 e. The Hall–Kier alpha value is -3.35. The van der Waals surface area contributed by atoms with Crippen LogP contribution >= 0.6 is 0 Å². The van der Waals surface area contributed by atoms with Crippen molar-refractivity contribution in [3.05, 3.63) is 65.7 Å². The second-order valence-corrected chi connectivity index (χ2v) is 7.32. The molecule has 0 unspecified atom stereocenters. The molecule has 158 valence electrons. The largest absolute Gasteiger partial charge is 0.488 e. The average Bonchev–Trinajstić information content (AvgIpc) is 2.73. The lowest BCUT2D eigenvalue weighted by molar-refractivity contribution is -0.151. The number of piperazine rings is 1. The van der Waals surface area contributed by atoms with E-state index in [1.807, 2.05) is 30.3 Å². The molecule has 3 rings (SSSR count). The van der Waals surface area contributed by atoms with Crippen LogP contribution in [0.5, 0.6) is 5.75 Å². The Labute approximate surface area is 176 Å². The van der Waals surface area contributed by atoms with Gasteiger partial charge in [-0.15, -0.1) is 0 Å². The van der Waals surface area contributed by atoms with E-state index in [2.05, 4.69) is 5.32 Å². The van der Waals surface area contributed by atoms with Crippen molar-refractivity contribution in [2.24, 2.45) is 0 Å². The number of hydrogen-bond donors (Lipinski definition) is 1.